The molecule has 3 nitrogen and oxygen atoms in total. The zero-order chi connectivity index (χ0) is 8.72. The van der Waals surface area contributed by atoms with E-state index in [0.29, 0.717) is 11.1 Å². The standard InChI is InChI=1S/C8H4INO2/c9-4-1-2-5-6(3-4)8(12)10-7(5)11/h1-3H,(H,10,11,12). The van der Waals surface area contributed by atoms with Gasteiger partial charge in [0.1, 0.15) is 0 Å². The normalized spacial score (nSPS) is 14.4. The van der Waals surface area contributed by atoms with E-state index in [9.17, 15) is 9.59 Å². The van der Waals surface area contributed by atoms with Gasteiger partial charge in [-0.25, -0.2) is 0 Å². The number of hydrogen-bond donors (Lipinski definition) is 1. The summed E-state index contributed by atoms with van der Waals surface area (Å²) in [6, 6.07) is 5.17. The van der Waals surface area contributed by atoms with E-state index in [2.05, 4.69) is 27.9 Å². The van der Waals surface area contributed by atoms with E-state index in [1.807, 2.05) is 0 Å². The molecule has 4 heteroatoms. The monoisotopic (exact) mass is 273 g/mol. The first-order valence-electron chi connectivity index (χ1n) is 3.34. The number of halogens is 1. The second-order valence-corrected chi connectivity index (χ2v) is 3.72. The van der Waals surface area contributed by atoms with Gasteiger partial charge in [-0.3, -0.25) is 14.9 Å². The predicted molar refractivity (Wildman–Crippen MR) is 51.0 cm³/mol. The van der Waals surface area contributed by atoms with Gasteiger partial charge in [-0.15, -0.1) is 0 Å². The minimum absolute atomic E-state index is 0.298. The Morgan fingerprint density at radius 3 is 2.50 bits per heavy atom. The van der Waals surface area contributed by atoms with Crippen molar-refractivity contribution >= 4 is 34.4 Å². The van der Waals surface area contributed by atoms with E-state index < -0.39 is 0 Å². The van der Waals surface area contributed by atoms with E-state index >= 15 is 0 Å². The molecule has 0 radical (unpaired) electrons. The second-order valence-electron chi connectivity index (χ2n) is 2.47. The summed E-state index contributed by atoms with van der Waals surface area (Å²) in [6.45, 7) is 0. The average Bonchev–Trinajstić information content (AvgIpc) is 2.28. The number of nitrogens with one attached hydrogen (secondary N) is 1. The van der Waals surface area contributed by atoms with Crippen LogP contribution in [0, 0.1) is 3.57 Å². The number of carbonyl (C=O) groups is 2. The molecular weight excluding hydrogens is 269 g/mol. The van der Waals surface area contributed by atoms with Gasteiger partial charge in [-0.2, -0.15) is 0 Å². The highest BCUT2D eigenvalue weighted by Gasteiger charge is 2.26. The van der Waals surface area contributed by atoms with Crippen molar-refractivity contribution in [2.75, 3.05) is 0 Å². The summed E-state index contributed by atoms with van der Waals surface area (Å²) in [5.74, 6) is -0.597. The van der Waals surface area contributed by atoms with Crippen molar-refractivity contribution in [1.29, 1.82) is 0 Å². The van der Waals surface area contributed by atoms with E-state index in [-0.39, 0.29) is 11.8 Å². The average molecular weight is 273 g/mol. The maximum atomic E-state index is 11.1. The van der Waals surface area contributed by atoms with Gasteiger partial charge in [0.25, 0.3) is 11.8 Å². The third-order valence-electron chi connectivity index (χ3n) is 1.70. The number of amides is 2. The topological polar surface area (TPSA) is 46.2 Å². The summed E-state index contributed by atoms with van der Waals surface area (Å²) in [7, 11) is 0. The van der Waals surface area contributed by atoms with Gasteiger partial charge in [0.15, 0.2) is 0 Å². The summed E-state index contributed by atoms with van der Waals surface area (Å²) in [4.78, 5) is 22.1. The van der Waals surface area contributed by atoms with Crippen LogP contribution < -0.4 is 5.32 Å². The van der Waals surface area contributed by atoms with E-state index in [0.717, 1.165) is 3.57 Å². The largest absolute Gasteiger partial charge is 0.288 e. The van der Waals surface area contributed by atoms with Gasteiger partial charge in [-0.1, -0.05) is 0 Å². The Morgan fingerprint density at radius 2 is 1.75 bits per heavy atom. The molecule has 0 spiro atoms. The number of fused-ring (bicyclic) bond motifs is 1. The molecule has 1 aromatic rings. The zero-order valence-electron chi connectivity index (χ0n) is 5.93. The fraction of sp³-hybridized carbons (Fsp3) is 0. The summed E-state index contributed by atoms with van der Waals surface area (Å²) >= 11 is 2.10. The lowest BCUT2D eigenvalue weighted by molar-refractivity contribution is 0.0879. The molecule has 0 saturated carbocycles. The molecule has 1 N–H and O–H groups in total. The first kappa shape index (κ1) is 7.72. The third-order valence-corrected chi connectivity index (χ3v) is 2.37. The fourth-order valence-corrected chi connectivity index (χ4v) is 1.63. The minimum Gasteiger partial charge on any atom is -0.288 e. The molecule has 1 heterocycles. The van der Waals surface area contributed by atoms with Gasteiger partial charge >= 0.3 is 0 Å². The van der Waals surface area contributed by atoms with Crippen molar-refractivity contribution in [2.45, 2.75) is 0 Å². The van der Waals surface area contributed by atoms with Crippen molar-refractivity contribution < 1.29 is 9.59 Å². The van der Waals surface area contributed by atoms with Gasteiger partial charge in [0.05, 0.1) is 11.1 Å². The van der Waals surface area contributed by atoms with E-state index in [1.54, 1.807) is 18.2 Å². The molecular formula is C8H4INO2. The van der Waals surface area contributed by atoms with E-state index in [4.69, 9.17) is 0 Å². The Morgan fingerprint density at radius 1 is 1.08 bits per heavy atom. The highest BCUT2D eigenvalue weighted by Crippen LogP contribution is 2.17. The van der Waals surface area contributed by atoms with Gasteiger partial charge in [0, 0.05) is 3.57 Å². The highest BCUT2D eigenvalue weighted by molar-refractivity contribution is 14.1. The number of rotatable bonds is 0. The first-order chi connectivity index (χ1) is 5.68. The van der Waals surface area contributed by atoms with Gasteiger partial charge in [0.2, 0.25) is 0 Å². The van der Waals surface area contributed by atoms with Crippen LogP contribution in [0.1, 0.15) is 20.7 Å². The summed E-state index contributed by atoms with van der Waals surface area (Å²) in [6.07, 6.45) is 0. The molecule has 2 amide bonds. The van der Waals surface area contributed by atoms with Crippen LogP contribution in [0.5, 0.6) is 0 Å². The molecule has 0 unspecified atom stereocenters. The van der Waals surface area contributed by atoms with Crippen LogP contribution in [0.2, 0.25) is 0 Å². The van der Waals surface area contributed by atoms with Crippen molar-refractivity contribution in [2.24, 2.45) is 0 Å². The van der Waals surface area contributed by atoms with Crippen LogP contribution in [0.4, 0.5) is 0 Å². The predicted octanol–water partition coefficient (Wildman–Crippen LogP) is 1.17. The van der Waals surface area contributed by atoms with Crippen LogP contribution in [0.15, 0.2) is 18.2 Å². The van der Waals surface area contributed by atoms with Crippen molar-refractivity contribution in [3.63, 3.8) is 0 Å². The molecule has 12 heavy (non-hydrogen) atoms. The quantitative estimate of drug-likeness (QED) is 0.569. The maximum absolute atomic E-state index is 11.1. The Hall–Kier alpha value is -0.910. The summed E-state index contributed by atoms with van der Waals surface area (Å²) < 4.78 is 0.955. The molecule has 0 bridgehead atoms. The molecule has 0 aliphatic carbocycles. The van der Waals surface area contributed by atoms with Crippen molar-refractivity contribution in [3.05, 3.63) is 32.9 Å². The summed E-state index contributed by atoms with van der Waals surface area (Å²) in [5, 5.41) is 2.23. The summed E-state index contributed by atoms with van der Waals surface area (Å²) in [5.41, 5.74) is 0.951. The van der Waals surface area contributed by atoms with Crippen LogP contribution in [0.3, 0.4) is 0 Å². The fourth-order valence-electron chi connectivity index (χ4n) is 1.14. The molecule has 1 aromatic carbocycles. The number of benzene rings is 1. The molecule has 1 aliphatic heterocycles. The minimum atomic E-state index is -0.300. The Balaban J connectivity index is 2.68. The molecule has 1 aliphatic rings. The number of hydrogen-bond acceptors (Lipinski definition) is 2. The molecule has 2 rings (SSSR count). The molecule has 0 aromatic heterocycles. The van der Waals surface area contributed by atoms with Crippen LogP contribution in [0.25, 0.3) is 0 Å². The SMILES string of the molecule is O=C1NC(=O)c2cc(I)ccc21. The van der Waals surface area contributed by atoms with Crippen LogP contribution in [-0.2, 0) is 0 Å². The number of imide groups is 1. The smallest absolute Gasteiger partial charge is 0.258 e. The molecule has 60 valence electrons. The molecule has 0 fully saturated rings. The molecule has 0 atom stereocenters. The van der Waals surface area contributed by atoms with Crippen molar-refractivity contribution in [3.8, 4) is 0 Å². The Kier molecular flexibility index (Phi) is 1.64. The van der Waals surface area contributed by atoms with Crippen LogP contribution >= 0.6 is 22.6 Å². The van der Waals surface area contributed by atoms with Gasteiger partial charge < -0.3 is 0 Å². The lowest BCUT2D eigenvalue weighted by Gasteiger charge is -1.93. The Bertz CT molecular complexity index is 387. The van der Waals surface area contributed by atoms with E-state index in [1.165, 1.54) is 0 Å². The van der Waals surface area contributed by atoms with Crippen molar-refractivity contribution in [1.82, 2.24) is 5.32 Å². The van der Waals surface area contributed by atoms with Gasteiger partial charge in [-0.05, 0) is 40.8 Å². The first-order valence-corrected chi connectivity index (χ1v) is 4.41. The lowest BCUT2D eigenvalue weighted by Crippen LogP contribution is -2.19. The highest BCUT2D eigenvalue weighted by atomic mass is 127. The second kappa shape index (κ2) is 2.55. The van der Waals surface area contributed by atoms with Crippen LogP contribution in [-0.4, -0.2) is 11.8 Å². The number of carbonyl (C=O) groups excluding carboxylic acids is 2. The molecule has 0 saturated heterocycles. The Labute approximate surface area is 82.3 Å². The zero-order valence-corrected chi connectivity index (χ0v) is 8.08. The maximum Gasteiger partial charge on any atom is 0.258 e. The third kappa shape index (κ3) is 1.03. The lowest BCUT2D eigenvalue weighted by atomic mass is 10.1.